The van der Waals surface area contributed by atoms with Crippen molar-refractivity contribution >= 4 is 0 Å². The number of hydrogen-bond acceptors (Lipinski definition) is 2. The average molecular weight is 270 g/mol. The first-order valence-corrected chi connectivity index (χ1v) is 7.07. The van der Waals surface area contributed by atoms with Crippen molar-refractivity contribution in [2.24, 2.45) is 0 Å². The molecule has 0 bridgehead atoms. The van der Waals surface area contributed by atoms with Crippen LogP contribution in [-0.4, -0.2) is 5.11 Å². The van der Waals surface area contributed by atoms with Crippen molar-refractivity contribution in [1.82, 2.24) is 0 Å². The van der Waals surface area contributed by atoms with Gasteiger partial charge in [-0.2, -0.15) is 0 Å². The summed E-state index contributed by atoms with van der Waals surface area (Å²) in [5.74, 6) is 0.831. The molecule has 0 aliphatic heterocycles. The molecule has 2 heteroatoms. The Kier molecular flexibility index (Phi) is 4.80. The third-order valence-corrected chi connectivity index (χ3v) is 3.55. The molecule has 1 N–H and O–H groups in total. The molecule has 0 aromatic heterocycles. The lowest BCUT2D eigenvalue weighted by molar-refractivity contribution is 0.173. The molecule has 2 aromatic carbocycles. The van der Waals surface area contributed by atoms with Crippen LogP contribution < -0.4 is 4.74 Å². The molecule has 20 heavy (non-hydrogen) atoms. The van der Waals surface area contributed by atoms with E-state index in [0.717, 1.165) is 17.7 Å². The van der Waals surface area contributed by atoms with Crippen LogP contribution in [0, 0.1) is 13.8 Å². The van der Waals surface area contributed by atoms with Crippen LogP contribution in [0.3, 0.4) is 0 Å². The highest BCUT2D eigenvalue weighted by Gasteiger charge is 2.05. The highest BCUT2D eigenvalue weighted by Crippen LogP contribution is 2.21. The van der Waals surface area contributed by atoms with Crippen molar-refractivity contribution in [3.63, 3.8) is 0 Å². The van der Waals surface area contributed by atoms with E-state index in [-0.39, 0.29) is 6.10 Å². The molecular formula is C18H22O2. The minimum absolute atomic E-state index is 0.386. The Hall–Kier alpha value is -1.80. The van der Waals surface area contributed by atoms with Gasteiger partial charge in [0.15, 0.2) is 0 Å². The second-order valence-corrected chi connectivity index (χ2v) is 5.21. The van der Waals surface area contributed by atoms with E-state index in [0.29, 0.717) is 6.61 Å². The van der Waals surface area contributed by atoms with Crippen LogP contribution >= 0.6 is 0 Å². The summed E-state index contributed by atoms with van der Waals surface area (Å²) in [6.07, 6.45) is 0.339. The minimum Gasteiger partial charge on any atom is -0.489 e. The first-order chi connectivity index (χ1) is 9.60. The second kappa shape index (κ2) is 6.58. The van der Waals surface area contributed by atoms with Gasteiger partial charge < -0.3 is 9.84 Å². The third-order valence-electron chi connectivity index (χ3n) is 3.55. The van der Waals surface area contributed by atoms with E-state index in [9.17, 15) is 5.11 Å². The van der Waals surface area contributed by atoms with Crippen LogP contribution in [-0.2, 0) is 6.61 Å². The second-order valence-electron chi connectivity index (χ2n) is 5.21. The van der Waals surface area contributed by atoms with Gasteiger partial charge in [-0.1, -0.05) is 42.8 Å². The maximum Gasteiger partial charge on any atom is 0.119 e. The maximum absolute atomic E-state index is 9.75. The summed E-state index contributed by atoms with van der Waals surface area (Å²) in [7, 11) is 0. The lowest BCUT2D eigenvalue weighted by Crippen LogP contribution is -1.99. The number of ether oxygens (including phenoxy) is 1. The van der Waals surface area contributed by atoms with Gasteiger partial charge in [-0.05, 0) is 49.1 Å². The SMILES string of the molecule is CC[C@H](O)c1ccc(OCc2cc(C)ccc2C)cc1. The molecule has 0 aliphatic rings. The molecule has 0 saturated heterocycles. The van der Waals surface area contributed by atoms with E-state index >= 15 is 0 Å². The van der Waals surface area contributed by atoms with Crippen molar-refractivity contribution in [3.05, 3.63) is 64.7 Å². The van der Waals surface area contributed by atoms with Gasteiger partial charge in [0.05, 0.1) is 6.10 Å². The summed E-state index contributed by atoms with van der Waals surface area (Å²) in [6, 6.07) is 14.1. The molecule has 0 heterocycles. The summed E-state index contributed by atoms with van der Waals surface area (Å²) in [6.45, 7) is 6.72. The Bertz CT molecular complexity index is 558. The molecule has 0 amide bonds. The molecule has 2 rings (SSSR count). The van der Waals surface area contributed by atoms with Crippen molar-refractivity contribution in [2.75, 3.05) is 0 Å². The topological polar surface area (TPSA) is 29.5 Å². The van der Waals surface area contributed by atoms with Crippen LogP contribution in [0.2, 0.25) is 0 Å². The Morgan fingerprint density at radius 1 is 1.05 bits per heavy atom. The number of hydrogen-bond donors (Lipinski definition) is 1. The monoisotopic (exact) mass is 270 g/mol. The number of aryl methyl sites for hydroxylation is 2. The van der Waals surface area contributed by atoms with E-state index in [1.54, 1.807) is 0 Å². The summed E-state index contributed by atoms with van der Waals surface area (Å²) in [5, 5.41) is 9.75. The molecule has 0 radical (unpaired) electrons. The van der Waals surface area contributed by atoms with Gasteiger partial charge in [0.1, 0.15) is 12.4 Å². The molecule has 0 spiro atoms. The first kappa shape index (κ1) is 14.6. The highest BCUT2D eigenvalue weighted by molar-refractivity contribution is 5.32. The molecular weight excluding hydrogens is 248 g/mol. The van der Waals surface area contributed by atoms with E-state index in [2.05, 4.69) is 32.0 Å². The predicted octanol–water partition coefficient (Wildman–Crippen LogP) is 4.33. The molecule has 2 nitrogen and oxygen atoms in total. The van der Waals surface area contributed by atoms with E-state index < -0.39 is 0 Å². The van der Waals surface area contributed by atoms with Gasteiger partial charge in [0, 0.05) is 0 Å². The van der Waals surface area contributed by atoms with Crippen LogP contribution in [0.4, 0.5) is 0 Å². The van der Waals surface area contributed by atoms with Gasteiger partial charge in [0.2, 0.25) is 0 Å². The maximum atomic E-state index is 9.75. The summed E-state index contributed by atoms with van der Waals surface area (Å²) in [4.78, 5) is 0. The van der Waals surface area contributed by atoms with E-state index in [1.165, 1.54) is 16.7 Å². The zero-order valence-electron chi connectivity index (χ0n) is 12.4. The van der Waals surface area contributed by atoms with Gasteiger partial charge in [0.25, 0.3) is 0 Å². The zero-order chi connectivity index (χ0) is 14.5. The average Bonchev–Trinajstić information content (AvgIpc) is 2.48. The Labute approximate surface area is 121 Å². The summed E-state index contributed by atoms with van der Waals surface area (Å²) < 4.78 is 5.81. The normalized spacial score (nSPS) is 12.2. The molecule has 0 aliphatic carbocycles. The molecule has 0 unspecified atom stereocenters. The minimum atomic E-state index is -0.386. The van der Waals surface area contributed by atoms with Crippen molar-refractivity contribution in [2.45, 2.75) is 39.9 Å². The van der Waals surface area contributed by atoms with Crippen LogP contribution in [0.25, 0.3) is 0 Å². The van der Waals surface area contributed by atoms with E-state index in [1.807, 2.05) is 31.2 Å². The Balaban J connectivity index is 2.02. The lowest BCUT2D eigenvalue weighted by Gasteiger charge is -2.11. The number of aliphatic hydroxyl groups excluding tert-OH is 1. The molecule has 0 saturated carbocycles. The summed E-state index contributed by atoms with van der Waals surface area (Å²) >= 11 is 0. The van der Waals surface area contributed by atoms with Gasteiger partial charge in [-0.25, -0.2) is 0 Å². The number of aliphatic hydroxyl groups is 1. The molecule has 0 fully saturated rings. The Morgan fingerprint density at radius 2 is 1.75 bits per heavy atom. The summed E-state index contributed by atoms with van der Waals surface area (Å²) in [5.41, 5.74) is 4.64. The van der Waals surface area contributed by atoms with Gasteiger partial charge in [-0.3, -0.25) is 0 Å². The lowest BCUT2D eigenvalue weighted by atomic mass is 10.1. The van der Waals surface area contributed by atoms with Gasteiger partial charge in [-0.15, -0.1) is 0 Å². The predicted molar refractivity (Wildman–Crippen MR) is 81.9 cm³/mol. The van der Waals surface area contributed by atoms with Crippen LogP contribution in [0.1, 0.15) is 41.7 Å². The smallest absolute Gasteiger partial charge is 0.119 e. The molecule has 106 valence electrons. The molecule has 1 atom stereocenters. The number of benzene rings is 2. The van der Waals surface area contributed by atoms with Crippen molar-refractivity contribution in [1.29, 1.82) is 0 Å². The molecule has 2 aromatic rings. The highest BCUT2D eigenvalue weighted by atomic mass is 16.5. The van der Waals surface area contributed by atoms with Crippen LogP contribution in [0.5, 0.6) is 5.75 Å². The largest absolute Gasteiger partial charge is 0.489 e. The first-order valence-electron chi connectivity index (χ1n) is 7.07. The quantitative estimate of drug-likeness (QED) is 0.876. The fourth-order valence-electron chi connectivity index (χ4n) is 2.14. The third kappa shape index (κ3) is 3.61. The fraction of sp³-hybridized carbons (Fsp3) is 0.333. The van der Waals surface area contributed by atoms with E-state index in [4.69, 9.17) is 4.74 Å². The van der Waals surface area contributed by atoms with Crippen molar-refractivity contribution < 1.29 is 9.84 Å². The Morgan fingerprint density at radius 3 is 2.40 bits per heavy atom. The number of rotatable bonds is 5. The fourth-order valence-corrected chi connectivity index (χ4v) is 2.14. The van der Waals surface area contributed by atoms with Gasteiger partial charge >= 0.3 is 0 Å². The van der Waals surface area contributed by atoms with Crippen LogP contribution in [0.15, 0.2) is 42.5 Å². The van der Waals surface area contributed by atoms with Crippen molar-refractivity contribution in [3.8, 4) is 5.75 Å². The zero-order valence-corrected chi connectivity index (χ0v) is 12.4. The standard InChI is InChI=1S/C18H22O2/c1-4-18(19)15-7-9-17(10-8-15)20-12-16-11-13(2)5-6-14(16)3/h5-11,18-19H,4,12H2,1-3H3/t18-/m0/s1.